The molecule has 88 valence electrons. The molecule has 0 fully saturated rings. The third-order valence-corrected chi connectivity index (χ3v) is 3.07. The van der Waals surface area contributed by atoms with Crippen molar-refractivity contribution in [2.75, 3.05) is 11.9 Å². The van der Waals surface area contributed by atoms with Crippen LogP contribution in [0.5, 0.6) is 0 Å². The van der Waals surface area contributed by atoms with E-state index in [4.69, 9.17) is 5.11 Å². The number of hydrogen-bond acceptors (Lipinski definition) is 2. The molecule has 0 spiro atoms. The van der Waals surface area contributed by atoms with Gasteiger partial charge in [0.1, 0.15) is 0 Å². The topological polar surface area (TPSA) is 49.3 Å². The molecule has 0 radical (unpaired) electrons. The molecular formula is C12H16BrNO2. The van der Waals surface area contributed by atoms with Crippen LogP contribution in [0, 0.1) is 12.8 Å². The largest absolute Gasteiger partial charge is 0.481 e. The maximum Gasteiger partial charge on any atom is 0.308 e. The third kappa shape index (κ3) is 3.52. The maximum absolute atomic E-state index is 10.9. The lowest BCUT2D eigenvalue weighted by Crippen LogP contribution is -2.22. The summed E-state index contributed by atoms with van der Waals surface area (Å²) in [6.45, 7) is 4.34. The molecule has 0 aliphatic rings. The zero-order chi connectivity index (χ0) is 12.1. The second kappa shape index (κ2) is 5.89. The molecule has 2 N–H and O–H groups in total. The van der Waals surface area contributed by atoms with E-state index in [2.05, 4.69) is 21.2 Å². The predicted molar refractivity (Wildman–Crippen MR) is 68.8 cm³/mol. The van der Waals surface area contributed by atoms with Crippen molar-refractivity contribution < 1.29 is 9.90 Å². The van der Waals surface area contributed by atoms with Gasteiger partial charge in [0.2, 0.25) is 0 Å². The van der Waals surface area contributed by atoms with Crippen LogP contribution in [0.4, 0.5) is 5.69 Å². The number of nitrogens with one attached hydrogen (secondary N) is 1. The summed E-state index contributed by atoms with van der Waals surface area (Å²) in [5, 5.41) is 12.1. The van der Waals surface area contributed by atoms with Crippen LogP contribution in [-0.4, -0.2) is 17.6 Å². The van der Waals surface area contributed by atoms with E-state index in [-0.39, 0.29) is 5.92 Å². The lowest BCUT2D eigenvalue weighted by molar-refractivity contribution is -0.141. The van der Waals surface area contributed by atoms with E-state index in [9.17, 15) is 4.79 Å². The number of halogens is 1. The van der Waals surface area contributed by atoms with Gasteiger partial charge in [-0.25, -0.2) is 0 Å². The lowest BCUT2D eigenvalue weighted by atomic mass is 10.1. The molecule has 0 heterocycles. The van der Waals surface area contributed by atoms with Gasteiger partial charge in [-0.2, -0.15) is 0 Å². The molecule has 1 unspecified atom stereocenters. The van der Waals surface area contributed by atoms with Gasteiger partial charge in [0.05, 0.1) is 5.92 Å². The Kier molecular flexibility index (Phi) is 4.80. The van der Waals surface area contributed by atoms with E-state index in [0.717, 1.165) is 15.7 Å². The Balaban J connectivity index is 2.66. The highest BCUT2D eigenvalue weighted by Crippen LogP contribution is 2.21. The van der Waals surface area contributed by atoms with Gasteiger partial charge in [0.25, 0.3) is 0 Å². The SMILES string of the molecule is CCC(CNc1cc(Br)ccc1C)C(=O)O. The number of anilines is 1. The van der Waals surface area contributed by atoms with Crippen LogP contribution in [0.1, 0.15) is 18.9 Å². The fourth-order valence-corrected chi connectivity index (χ4v) is 1.79. The van der Waals surface area contributed by atoms with Crippen molar-refractivity contribution in [2.24, 2.45) is 5.92 Å². The molecule has 0 aromatic heterocycles. The minimum Gasteiger partial charge on any atom is -0.481 e. The molecule has 0 aliphatic heterocycles. The van der Waals surface area contributed by atoms with Crippen molar-refractivity contribution in [3.63, 3.8) is 0 Å². The molecule has 1 aromatic rings. The summed E-state index contributed by atoms with van der Waals surface area (Å²) in [5.41, 5.74) is 2.09. The van der Waals surface area contributed by atoms with Crippen molar-refractivity contribution in [1.29, 1.82) is 0 Å². The van der Waals surface area contributed by atoms with Crippen molar-refractivity contribution >= 4 is 27.6 Å². The summed E-state index contributed by atoms with van der Waals surface area (Å²) >= 11 is 3.39. The lowest BCUT2D eigenvalue weighted by Gasteiger charge is -2.14. The van der Waals surface area contributed by atoms with Gasteiger partial charge in [-0.15, -0.1) is 0 Å². The number of carboxylic acid groups (broad SMARTS) is 1. The number of benzene rings is 1. The fraction of sp³-hybridized carbons (Fsp3) is 0.417. The summed E-state index contributed by atoms with van der Waals surface area (Å²) in [6.07, 6.45) is 0.634. The third-order valence-electron chi connectivity index (χ3n) is 2.58. The van der Waals surface area contributed by atoms with Crippen LogP contribution >= 0.6 is 15.9 Å². The van der Waals surface area contributed by atoms with Crippen LogP contribution in [0.25, 0.3) is 0 Å². The van der Waals surface area contributed by atoms with Crippen LogP contribution in [0.2, 0.25) is 0 Å². The first kappa shape index (κ1) is 13.0. The first-order valence-electron chi connectivity index (χ1n) is 5.27. The minimum atomic E-state index is -0.748. The molecule has 0 saturated carbocycles. The summed E-state index contributed by atoms with van der Waals surface area (Å²) in [5.74, 6) is -1.08. The van der Waals surface area contributed by atoms with Gasteiger partial charge in [-0.05, 0) is 31.0 Å². The predicted octanol–water partition coefficient (Wildman–Crippen LogP) is 3.28. The highest BCUT2D eigenvalue weighted by molar-refractivity contribution is 9.10. The molecule has 4 heteroatoms. The van der Waals surface area contributed by atoms with Crippen LogP contribution < -0.4 is 5.32 Å². The quantitative estimate of drug-likeness (QED) is 0.873. The average molecular weight is 286 g/mol. The minimum absolute atomic E-state index is 0.335. The molecule has 0 bridgehead atoms. The highest BCUT2D eigenvalue weighted by Gasteiger charge is 2.14. The Bertz CT molecular complexity index is 379. The Morgan fingerprint density at radius 1 is 1.56 bits per heavy atom. The number of aryl methyl sites for hydroxylation is 1. The van der Waals surface area contributed by atoms with Crippen LogP contribution in [-0.2, 0) is 4.79 Å². The van der Waals surface area contributed by atoms with E-state index in [1.54, 1.807) is 0 Å². The Labute approximate surface area is 104 Å². The van der Waals surface area contributed by atoms with E-state index in [1.807, 2.05) is 32.0 Å². The van der Waals surface area contributed by atoms with Crippen molar-refractivity contribution in [3.05, 3.63) is 28.2 Å². The highest BCUT2D eigenvalue weighted by atomic mass is 79.9. The van der Waals surface area contributed by atoms with Gasteiger partial charge in [0.15, 0.2) is 0 Å². The zero-order valence-corrected chi connectivity index (χ0v) is 11.0. The van der Waals surface area contributed by atoms with Crippen molar-refractivity contribution in [3.8, 4) is 0 Å². The molecule has 1 aromatic carbocycles. The normalized spacial score (nSPS) is 12.2. The van der Waals surface area contributed by atoms with Gasteiger partial charge in [-0.3, -0.25) is 4.79 Å². The summed E-state index contributed by atoms with van der Waals surface area (Å²) in [6, 6.07) is 5.92. The van der Waals surface area contributed by atoms with E-state index >= 15 is 0 Å². The Hall–Kier alpha value is -1.03. The van der Waals surface area contributed by atoms with E-state index in [0.29, 0.717) is 13.0 Å². The average Bonchev–Trinajstić information content (AvgIpc) is 2.23. The Morgan fingerprint density at radius 3 is 2.81 bits per heavy atom. The van der Waals surface area contributed by atoms with Gasteiger partial charge < -0.3 is 10.4 Å². The molecule has 1 atom stereocenters. The Morgan fingerprint density at radius 2 is 2.25 bits per heavy atom. The van der Waals surface area contributed by atoms with Gasteiger partial charge in [-0.1, -0.05) is 28.9 Å². The van der Waals surface area contributed by atoms with Crippen LogP contribution in [0.15, 0.2) is 22.7 Å². The first-order chi connectivity index (χ1) is 7.54. The molecule has 0 amide bonds. The molecule has 16 heavy (non-hydrogen) atoms. The van der Waals surface area contributed by atoms with Crippen LogP contribution in [0.3, 0.4) is 0 Å². The fourth-order valence-electron chi connectivity index (χ4n) is 1.42. The summed E-state index contributed by atoms with van der Waals surface area (Å²) in [4.78, 5) is 10.9. The molecule has 1 rings (SSSR count). The van der Waals surface area contributed by atoms with Gasteiger partial charge in [0, 0.05) is 16.7 Å². The second-order valence-corrected chi connectivity index (χ2v) is 4.70. The first-order valence-corrected chi connectivity index (χ1v) is 6.06. The molecule has 0 aliphatic carbocycles. The zero-order valence-electron chi connectivity index (χ0n) is 9.46. The number of aliphatic carboxylic acids is 1. The molecule has 0 saturated heterocycles. The molecule has 3 nitrogen and oxygen atoms in total. The molecular weight excluding hydrogens is 270 g/mol. The maximum atomic E-state index is 10.9. The number of rotatable bonds is 5. The van der Waals surface area contributed by atoms with Gasteiger partial charge >= 0.3 is 5.97 Å². The second-order valence-electron chi connectivity index (χ2n) is 3.78. The standard InChI is InChI=1S/C12H16BrNO2/c1-3-9(12(15)16)7-14-11-6-10(13)5-4-8(11)2/h4-6,9,14H,3,7H2,1-2H3,(H,15,16). The number of carboxylic acids is 1. The smallest absolute Gasteiger partial charge is 0.308 e. The number of hydrogen-bond donors (Lipinski definition) is 2. The van der Waals surface area contributed by atoms with Crippen molar-refractivity contribution in [1.82, 2.24) is 0 Å². The van der Waals surface area contributed by atoms with Crippen molar-refractivity contribution in [2.45, 2.75) is 20.3 Å². The summed E-state index contributed by atoms with van der Waals surface area (Å²) in [7, 11) is 0. The van der Waals surface area contributed by atoms with E-state index < -0.39 is 5.97 Å². The van der Waals surface area contributed by atoms with E-state index in [1.165, 1.54) is 0 Å². The summed E-state index contributed by atoms with van der Waals surface area (Å²) < 4.78 is 0.990. The number of carbonyl (C=O) groups is 1. The monoisotopic (exact) mass is 285 g/mol.